The van der Waals surface area contributed by atoms with Gasteiger partial charge in [-0.05, 0) is 34.9 Å². The number of Topliss-reactive ketones (excluding diaryl/α,β-unsaturated/α-hetero) is 2. The average molecular weight is 501 g/mol. The zero-order valence-corrected chi connectivity index (χ0v) is 19.8. The van der Waals surface area contributed by atoms with Crippen molar-refractivity contribution in [3.05, 3.63) is 111 Å². The van der Waals surface area contributed by atoms with Crippen molar-refractivity contribution in [2.75, 3.05) is 0 Å². The summed E-state index contributed by atoms with van der Waals surface area (Å²) in [5.74, 6) is -0.302. The number of hydrogen-bond acceptors (Lipinski definition) is 4. The highest BCUT2D eigenvalue weighted by Gasteiger charge is 2.34. The third-order valence-corrected chi connectivity index (χ3v) is 7.66. The molecule has 34 heavy (non-hydrogen) atoms. The second-order valence-electron chi connectivity index (χ2n) is 7.96. The molecule has 6 heteroatoms. The smallest absolute Gasteiger partial charge is 0.197 e. The van der Waals surface area contributed by atoms with E-state index >= 15 is 0 Å². The fourth-order valence-electron chi connectivity index (χ4n) is 4.11. The number of thiophene rings is 1. The molecule has 0 saturated carbocycles. The van der Waals surface area contributed by atoms with Crippen molar-refractivity contribution < 1.29 is 14.0 Å². The first-order valence-electron chi connectivity index (χ1n) is 10.5. The van der Waals surface area contributed by atoms with E-state index in [0.717, 1.165) is 20.7 Å². The zero-order chi connectivity index (χ0) is 23.4. The lowest BCUT2D eigenvalue weighted by Crippen LogP contribution is -1.99. The van der Waals surface area contributed by atoms with Gasteiger partial charge in [-0.25, -0.2) is 0 Å². The van der Waals surface area contributed by atoms with Gasteiger partial charge in [-0.3, -0.25) is 9.59 Å². The van der Waals surface area contributed by atoms with Gasteiger partial charge in [-0.15, -0.1) is 11.3 Å². The molecular formula is C28H14Cl2O3S. The molecule has 164 valence electrons. The molecule has 0 fully saturated rings. The minimum absolute atomic E-state index is 0.0476. The minimum atomic E-state index is -0.377. The summed E-state index contributed by atoms with van der Waals surface area (Å²) in [6.45, 7) is 0. The third-order valence-electron chi connectivity index (χ3n) is 5.83. The van der Waals surface area contributed by atoms with Crippen LogP contribution < -0.4 is 0 Å². The summed E-state index contributed by atoms with van der Waals surface area (Å²) < 4.78 is 6.89. The molecule has 6 rings (SSSR count). The second-order valence-corrected chi connectivity index (χ2v) is 9.86. The van der Waals surface area contributed by atoms with Crippen LogP contribution in [0.25, 0.3) is 37.9 Å². The monoisotopic (exact) mass is 500 g/mol. The van der Waals surface area contributed by atoms with Crippen LogP contribution in [-0.2, 0) is 0 Å². The molecule has 0 radical (unpaired) electrons. The van der Waals surface area contributed by atoms with Crippen LogP contribution in [0.3, 0.4) is 0 Å². The van der Waals surface area contributed by atoms with E-state index in [-0.39, 0.29) is 38.3 Å². The maximum absolute atomic E-state index is 12.8. The topological polar surface area (TPSA) is 47.3 Å². The Morgan fingerprint density at radius 1 is 0.706 bits per heavy atom. The second kappa shape index (κ2) is 8.10. The zero-order valence-electron chi connectivity index (χ0n) is 17.5. The average Bonchev–Trinajstić information content (AvgIpc) is 3.48. The summed E-state index contributed by atoms with van der Waals surface area (Å²) in [4.78, 5) is 26.6. The highest BCUT2D eigenvalue weighted by molar-refractivity contribution is 7.22. The van der Waals surface area contributed by atoms with Gasteiger partial charge < -0.3 is 4.42 Å². The van der Waals surface area contributed by atoms with E-state index in [1.54, 1.807) is 11.3 Å². The van der Waals surface area contributed by atoms with Gasteiger partial charge in [0.2, 0.25) is 0 Å². The molecule has 1 aliphatic rings. The molecule has 3 aromatic carbocycles. The van der Waals surface area contributed by atoms with E-state index in [1.165, 1.54) is 23.8 Å². The van der Waals surface area contributed by atoms with Crippen LogP contribution >= 0.6 is 34.5 Å². The van der Waals surface area contributed by atoms with E-state index in [1.807, 2.05) is 30.3 Å². The lowest BCUT2D eigenvalue weighted by atomic mass is 10.0. The number of rotatable bonds is 3. The van der Waals surface area contributed by atoms with Gasteiger partial charge >= 0.3 is 0 Å². The van der Waals surface area contributed by atoms with Crippen LogP contribution in [-0.4, -0.2) is 11.6 Å². The lowest BCUT2D eigenvalue weighted by Gasteiger charge is -2.03. The Kier molecular flexibility index (Phi) is 5.03. The summed E-state index contributed by atoms with van der Waals surface area (Å²) in [7, 11) is 0. The Morgan fingerprint density at radius 3 is 1.91 bits per heavy atom. The molecule has 0 aliphatic heterocycles. The summed E-state index contributed by atoms with van der Waals surface area (Å²) in [5.41, 5.74) is 4.72. The number of benzene rings is 3. The first-order valence-corrected chi connectivity index (χ1v) is 12.0. The number of halogens is 2. The van der Waals surface area contributed by atoms with Crippen LogP contribution in [0, 0.1) is 0 Å². The van der Waals surface area contributed by atoms with Crippen molar-refractivity contribution in [2.24, 2.45) is 0 Å². The molecule has 0 saturated heterocycles. The number of ketones is 2. The van der Waals surface area contributed by atoms with E-state index < -0.39 is 0 Å². The highest BCUT2D eigenvalue weighted by Crippen LogP contribution is 2.38. The first kappa shape index (κ1) is 21.1. The Balaban J connectivity index is 1.29. The Bertz CT molecular complexity index is 1570. The predicted octanol–water partition coefficient (Wildman–Crippen LogP) is 8.60. The van der Waals surface area contributed by atoms with Crippen molar-refractivity contribution in [3.63, 3.8) is 0 Å². The molecular weight excluding hydrogens is 487 g/mol. The molecule has 0 atom stereocenters. The minimum Gasteiger partial charge on any atom is -0.456 e. The summed E-state index contributed by atoms with van der Waals surface area (Å²) in [6.07, 6.45) is 1.49. The van der Waals surface area contributed by atoms with Gasteiger partial charge in [-0.2, -0.15) is 0 Å². The summed E-state index contributed by atoms with van der Waals surface area (Å²) in [5, 5.41) is 0.483. The van der Waals surface area contributed by atoms with Crippen LogP contribution in [0.1, 0.15) is 26.5 Å². The highest BCUT2D eigenvalue weighted by atomic mass is 35.5. The van der Waals surface area contributed by atoms with Gasteiger partial charge in [0.25, 0.3) is 0 Å². The predicted molar refractivity (Wildman–Crippen MR) is 138 cm³/mol. The summed E-state index contributed by atoms with van der Waals surface area (Å²) >= 11 is 13.6. The quantitative estimate of drug-likeness (QED) is 0.184. The molecule has 0 bridgehead atoms. The molecule has 3 nitrogen and oxygen atoms in total. The largest absolute Gasteiger partial charge is 0.456 e. The normalized spacial score (nSPS) is 13.1. The van der Waals surface area contributed by atoms with Crippen molar-refractivity contribution >= 4 is 62.5 Å². The van der Waals surface area contributed by atoms with Crippen molar-refractivity contribution in [2.45, 2.75) is 0 Å². The fourth-order valence-corrected chi connectivity index (χ4v) is 5.47. The standard InChI is InChI=1S/C28H14Cl2O3S/c29-22-12-19-20(13-23(22)30)28(32)21(27(19)31)10-18-11-26-24(33-18)14-25(34-26)17-8-6-16(7-9-17)15-4-2-1-3-5-15/h1-14H. The van der Waals surface area contributed by atoms with Gasteiger partial charge in [0, 0.05) is 28.1 Å². The molecule has 0 amide bonds. The van der Waals surface area contributed by atoms with Crippen molar-refractivity contribution in [1.82, 2.24) is 0 Å². The maximum Gasteiger partial charge on any atom is 0.197 e. The Labute approximate surface area is 208 Å². The molecule has 0 unspecified atom stereocenters. The maximum atomic E-state index is 12.8. The van der Waals surface area contributed by atoms with Gasteiger partial charge in [-0.1, -0.05) is 77.8 Å². The molecule has 0 N–H and O–H groups in total. The SMILES string of the molecule is O=C1C(=Cc2cc3sc(-c4ccc(-c5ccccc5)cc4)cc3o2)C(=O)c2cc(Cl)c(Cl)cc21. The van der Waals surface area contributed by atoms with E-state index in [0.29, 0.717) is 11.3 Å². The van der Waals surface area contributed by atoms with Crippen molar-refractivity contribution in [3.8, 4) is 21.6 Å². The van der Waals surface area contributed by atoms with Crippen molar-refractivity contribution in [1.29, 1.82) is 0 Å². The molecule has 1 aliphatic carbocycles. The van der Waals surface area contributed by atoms with E-state index in [2.05, 4.69) is 36.4 Å². The molecule has 2 heterocycles. The van der Waals surface area contributed by atoms with Crippen LogP contribution in [0.15, 0.2) is 88.9 Å². The lowest BCUT2D eigenvalue weighted by molar-refractivity contribution is 0.0990. The molecule has 5 aromatic rings. The Morgan fingerprint density at radius 2 is 1.29 bits per heavy atom. The number of fused-ring (bicyclic) bond motifs is 2. The van der Waals surface area contributed by atoms with Crippen LogP contribution in [0.5, 0.6) is 0 Å². The number of carbonyl (C=O) groups excluding carboxylic acids is 2. The van der Waals surface area contributed by atoms with Crippen LogP contribution in [0.2, 0.25) is 10.0 Å². The molecule has 0 spiro atoms. The number of carbonyl (C=O) groups is 2. The van der Waals surface area contributed by atoms with Gasteiger partial charge in [0.1, 0.15) is 11.3 Å². The van der Waals surface area contributed by atoms with Gasteiger partial charge in [0.15, 0.2) is 11.6 Å². The Hall–Kier alpha value is -3.44. The van der Waals surface area contributed by atoms with Crippen LogP contribution in [0.4, 0.5) is 0 Å². The first-order chi connectivity index (χ1) is 16.5. The van der Waals surface area contributed by atoms with Gasteiger partial charge in [0.05, 0.1) is 20.3 Å². The molecule has 2 aromatic heterocycles. The number of furan rings is 1. The van der Waals surface area contributed by atoms with E-state index in [9.17, 15) is 9.59 Å². The summed E-state index contributed by atoms with van der Waals surface area (Å²) in [6, 6.07) is 25.3. The third kappa shape index (κ3) is 3.51. The number of allylic oxidation sites excluding steroid dienone is 1. The fraction of sp³-hybridized carbons (Fsp3) is 0. The van der Waals surface area contributed by atoms with E-state index in [4.69, 9.17) is 27.6 Å². The number of hydrogen-bond donors (Lipinski definition) is 0.